The first-order valence-corrected chi connectivity index (χ1v) is 12.6. The van der Waals surface area contributed by atoms with Crippen LogP contribution in [0.3, 0.4) is 0 Å². The van der Waals surface area contributed by atoms with Gasteiger partial charge in [0.05, 0.1) is 0 Å². The van der Waals surface area contributed by atoms with Crippen LogP contribution in [0, 0.1) is 0 Å². The second-order valence-electron chi connectivity index (χ2n) is 4.32. The van der Waals surface area contributed by atoms with Crippen LogP contribution in [0.4, 0.5) is 0 Å². The summed E-state index contributed by atoms with van der Waals surface area (Å²) in [4.78, 5) is 0. The number of thiocarbonyl (C=S) groups is 6. The Morgan fingerprint density at radius 1 is 0.469 bits per heavy atom. The van der Waals surface area contributed by atoms with Crippen molar-refractivity contribution in [3.8, 4) is 0 Å². The van der Waals surface area contributed by atoms with Gasteiger partial charge in [-0.3, -0.25) is 0 Å². The smallest absolute Gasteiger partial charge is 0.412 e. The summed E-state index contributed by atoms with van der Waals surface area (Å²) in [5.41, 5.74) is 0. The van der Waals surface area contributed by atoms with Gasteiger partial charge in [0.1, 0.15) is 8.64 Å². The molecule has 0 aromatic carbocycles. The third-order valence-electron chi connectivity index (χ3n) is 2.00. The van der Waals surface area contributed by atoms with Crippen LogP contribution in [0.5, 0.6) is 0 Å². The maximum Gasteiger partial charge on any atom is 2.00 e. The maximum atomic E-state index is 4.65. The third kappa shape index (κ3) is 58.2. The zero-order valence-electron chi connectivity index (χ0n) is 16.3. The van der Waals surface area contributed by atoms with Crippen molar-refractivity contribution in [2.24, 2.45) is 0 Å². The summed E-state index contributed by atoms with van der Waals surface area (Å²) >= 11 is 53.8. The Hall–Kier alpha value is 2.06. The first-order chi connectivity index (χ1) is 13.9. The van der Waals surface area contributed by atoms with Crippen molar-refractivity contribution in [2.75, 3.05) is 39.3 Å². The number of nitrogens with one attached hydrogen (secondary N) is 6. The van der Waals surface area contributed by atoms with Crippen molar-refractivity contribution in [1.29, 1.82) is 0 Å². The van der Waals surface area contributed by atoms with Crippen LogP contribution >= 0.6 is 98.6 Å². The van der Waals surface area contributed by atoms with Crippen molar-refractivity contribution in [3.63, 3.8) is 0 Å². The molecule has 0 amide bonds. The van der Waals surface area contributed by atoms with Crippen LogP contribution < -0.4 is 31.9 Å². The first kappa shape index (κ1) is 44.1. The Labute approximate surface area is 279 Å². The van der Waals surface area contributed by atoms with Gasteiger partial charge in [0.25, 0.3) is 0 Å². The zero-order chi connectivity index (χ0) is 23.9. The molecule has 179 valence electrons. The molecule has 0 unspecified atom stereocenters. The molecule has 0 aliphatic heterocycles. The summed E-state index contributed by atoms with van der Waals surface area (Å²) < 4.78 is 2.47. The van der Waals surface area contributed by atoms with Crippen molar-refractivity contribution < 1.29 is 36.5 Å². The van der Waals surface area contributed by atoms with Gasteiger partial charge in [0.15, 0.2) is 0 Å². The summed E-state index contributed by atoms with van der Waals surface area (Å²) in [6.45, 7) is 4.09. The molecule has 0 heterocycles. The van der Waals surface area contributed by atoms with E-state index in [9.17, 15) is 0 Å². The van der Waals surface area contributed by atoms with Gasteiger partial charge >= 0.3 is 36.5 Å². The summed E-state index contributed by atoms with van der Waals surface area (Å²) in [5, 5.41) is 16.8. The fourth-order valence-electron chi connectivity index (χ4n) is 0.997. The number of hydrogen-bond donors (Lipinski definition) is 8. The van der Waals surface area contributed by atoms with Gasteiger partial charge in [0.2, 0.25) is 0 Å². The Morgan fingerprint density at radius 2 is 0.625 bits per heavy atom. The molecule has 0 rings (SSSR count). The van der Waals surface area contributed by atoms with Crippen molar-refractivity contribution in [1.82, 2.24) is 31.9 Å². The van der Waals surface area contributed by atoms with E-state index in [2.05, 4.69) is 181 Å². The van der Waals surface area contributed by atoms with Gasteiger partial charge < -0.3 is 131 Å². The first-order valence-electron chi connectivity index (χ1n) is 7.61. The van der Waals surface area contributed by atoms with E-state index in [-0.39, 0.29) is 36.5 Å². The molecule has 0 atom stereocenters. The van der Waals surface area contributed by atoms with E-state index in [1.165, 1.54) is 0 Å². The topological polar surface area (TPSA) is 72.2 Å². The number of hydrogen-bond acceptors (Lipinski definition) is 10. The predicted octanol–water partition coefficient (Wildman–Crippen LogP) is 0.248. The zero-order valence-corrected chi connectivity index (χ0v) is 30.4. The van der Waals surface area contributed by atoms with E-state index in [0.717, 1.165) is 0 Å². The minimum atomic E-state index is 0. The fraction of sp³-hybridized carbons (Fsp3) is 0.500. The van der Waals surface area contributed by atoms with E-state index in [1.807, 2.05) is 0 Å². The molecule has 0 fully saturated rings. The maximum absolute atomic E-state index is 4.65. The summed E-state index contributed by atoms with van der Waals surface area (Å²) in [6.07, 6.45) is 0. The molecule has 1 radical (unpaired) electrons. The molecule has 0 saturated carbocycles. The molecule has 0 aliphatic rings. The van der Waals surface area contributed by atoms with Crippen LogP contribution in [0.15, 0.2) is 0 Å². The number of thiol groups is 2. The third-order valence-corrected chi connectivity index (χ3v) is 3.76. The molecular formula is C12H20MnN6S12Zn. The van der Waals surface area contributed by atoms with Crippen LogP contribution in [-0.2, 0) is 87.1 Å². The minimum Gasteiger partial charge on any atom is -0.412 e. The molecule has 0 aromatic rings. The van der Waals surface area contributed by atoms with E-state index >= 15 is 0 Å². The molecule has 0 aromatic heterocycles. The van der Waals surface area contributed by atoms with Crippen LogP contribution in [0.1, 0.15) is 0 Å². The molecule has 0 bridgehead atoms. The van der Waals surface area contributed by atoms with Crippen LogP contribution in [0.2, 0.25) is 0 Å². The minimum absolute atomic E-state index is 0. The monoisotopic (exact) mass is 751 g/mol. The van der Waals surface area contributed by atoms with Gasteiger partial charge in [-0.2, -0.15) is 0 Å². The van der Waals surface area contributed by atoms with Crippen molar-refractivity contribution >= 4 is 175 Å². The van der Waals surface area contributed by atoms with Gasteiger partial charge in [-0.1, -0.05) is 41.7 Å². The summed E-state index contributed by atoms with van der Waals surface area (Å²) in [5.74, 6) is 0. The molecular weight excluding hydrogens is 733 g/mol. The normalized spacial score (nSPS) is 7.94. The van der Waals surface area contributed by atoms with E-state index < -0.39 is 0 Å². The Balaban J connectivity index is -0.000000110. The summed E-state index contributed by atoms with van der Waals surface area (Å²) in [6, 6.07) is 0. The second-order valence-corrected chi connectivity index (χ2v) is 10.9. The van der Waals surface area contributed by atoms with Crippen molar-refractivity contribution in [3.05, 3.63) is 0 Å². The average molecular weight is 753 g/mol. The van der Waals surface area contributed by atoms with E-state index in [0.29, 0.717) is 65.2 Å². The molecule has 0 saturated heterocycles. The fourth-order valence-corrected chi connectivity index (χ4v) is 2.24. The van der Waals surface area contributed by atoms with E-state index in [1.54, 1.807) is 0 Å². The largest absolute Gasteiger partial charge is 2.00 e. The molecule has 20 heteroatoms. The SMILES string of the molecule is S=C(S)NCCNC(=S)S.S=C([S-])NCCNC(=S)[S-].S=C([S-])NCCNC(=S)[S-].[Mn+2].[Zn+2]. The van der Waals surface area contributed by atoms with E-state index in [4.69, 9.17) is 0 Å². The van der Waals surface area contributed by atoms with Gasteiger partial charge in [-0.25, -0.2) is 0 Å². The Morgan fingerprint density at radius 3 is 0.750 bits per heavy atom. The van der Waals surface area contributed by atoms with Crippen LogP contribution in [-0.4, -0.2) is 65.2 Å². The molecule has 32 heavy (non-hydrogen) atoms. The molecule has 6 N–H and O–H groups in total. The van der Waals surface area contributed by atoms with Gasteiger partial charge in [-0.05, 0) is 0 Å². The Bertz CT molecular complexity index is 447. The predicted molar refractivity (Wildman–Crippen MR) is 171 cm³/mol. The second kappa shape index (κ2) is 33.1. The Kier molecular flexibility index (Phi) is 45.5. The average Bonchev–Trinajstić information content (AvgIpc) is 2.60. The van der Waals surface area contributed by atoms with Crippen molar-refractivity contribution in [2.45, 2.75) is 0 Å². The summed E-state index contributed by atoms with van der Waals surface area (Å²) in [7, 11) is 0. The van der Waals surface area contributed by atoms with Gasteiger partial charge in [-0.15, -0.1) is 25.3 Å². The quantitative estimate of drug-likeness (QED) is 0.0546. The molecule has 6 nitrogen and oxygen atoms in total. The number of rotatable bonds is 9. The standard InChI is InChI=1S/3C4H8N2S4.Mn.Zn/c3*7-3(8)5-1-2-6-4(9)10;;/h3*1-2H2,(H2,5,7,8)(H2,6,9,10);;/q;;;2*+2/p-4. The molecule has 0 spiro atoms. The van der Waals surface area contributed by atoms with Gasteiger partial charge in [0, 0.05) is 39.3 Å². The van der Waals surface area contributed by atoms with Crippen LogP contribution in [0.25, 0.3) is 0 Å². The molecule has 0 aliphatic carbocycles.